The summed E-state index contributed by atoms with van der Waals surface area (Å²) in [6.45, 7) is 12.1. The van der Waals surface area contributed by atoms with Gasteiger partial charge in [0.05, 0.1) is 5.60 Å². The molecule has 0 heterocycles. The van der Waals surface area contributed by atoms with Crippen LogP contribution in [0.15, 0.2) is 11.5 Å². The van der Waals surface area contributed by atoms with E-state index in [1.807, 2.05) is 0 Å². The zero-order chi connectivity index (χ0) is 14.2. The highest BCUT2D eigenvalue weighted by atomic mass is 32.1. The van der Waals surface area contributed by atoms with Crippen LogP contribution in [0.25, 0.3) is 0 Å². The van der Waals surface area contributed by atoms with Crippen molar-refractivity contribution in [2.24, 2.45) is 5.41 Å². The van der Waals surface area contributed by atoms with Gasteiger partial charge in [-0.2, -0.15) is 12.6 Å². The van der Waals surface area contributed by atoms with Gasteiger partial charge in [0.2, 0.25) is 5.91 Å². The van der Waals surface area contributed by atoms with Crippen LogP contribution in [0.1, 0.15) is 47.5 Å². The normalized spacial score (nSPS) is 13.0. The largest absolute Gasteiger partial charge is 0.375 e. The molecule has 0 aliphatic heterocycles. The van der Waals surface area contributed by atoms with Gasteiger partial charge < -0.3 is 10.1 Å². The quantitative estimate of drug-likeness (QED) is 0.552. The summed E-state index contributed by atoms with van der Waals surface area (Å²) in [5.41, 5.74) is 0.0882. The molecule has 0 unspecified atom stereocenters. The molecule has 0 aromatic heterocycles. The Bertz CT molecular complexity index is 280. The standard InChI is InChI=1S/C14H27NO2S/c1-13(2,3)8-10-17-14(4,5)7-9-15-12(16)6-11-18/h6,11,18H,7-10H2,1-5H3,(H,15,16)/b11-6+. The van der Waals surface area contributed by atoms with Crippen LogP contribution in [0.3, 0.4) is 0 Å². The minimum Gasteiger partial charge on any atom is -0.375 e. The van der Waals surface area contributed by atoms with Gasteiger partial charge in [0.15, 0.2) is 0 Å². The van der Waals surface area contributed by atoms with Crippen LogP contribution in [0.4, 0.5) is 0 Å². The lowest BCUT2D eigenvalue weighted by molar-refractivity contribution is -0.116. The predicted octanol–water partition coefficient (Wildman–Crippen LogP) is 3.17. The van der Waals surface area contributed by atoms with Crippen molar-refractivity contribution in [2.75, 3.05) is 13.2 Å². The van der Waals surface area contributed by atoms with Crippen molar-refractivity contribution in [3.8, 4) is 0 Å². The number of nitrogens with one attached hydrogen (secondary N) is 1. The fourth-order valence-electron chi connectivity index (χ4n) is 1.32. The number of carbonyl (C=O) groups excluding carboxylic acids is 1. The number of rotatable bonds is 7. The second-order valence-corrected chi connectivity index (χ2v) is 6.57. The number of carbonyl (C=O) groups is 1. The highest BCUT2D eigenvalue weighted by Crippen LogP contribution is 2.21. The van der Waals surface area contributed by atoms with Crippen LogP contribution in [-0.2, 0) is 9.53 Å². The van der Waals surface area contributed by atoms with E-state index in [-0.39, 0.29) is 11.5 Å². The summed E-state index contributed by atoms with van der Waals surface area (Å²) in [7, 11) is 0. The second kappa shape index (κ2) is 7.85. The van der Waals surface area contributed by atoms with Crippen molar-refractivity contribution in [1.29, 1.82) is 0 Å². The second-order valence-electron chi connectivity index (χ2n) is 6.28. The van der Waals surface area contributed by atoms with Crippen molar-refractivity contribution >= 4 is 18.5 Å². The molecule has 0 saturated heterocycles. The van der Waals surface area contributed by atoms with Crippen molar-refractivity contribution < 1.29 is 9.53 Å². The minimum atomic E-state index is -0.205. The molecule has 106 valence electrons. The SMILES string of the molecule is CC(C)(C)CCOC(C)(C)CCNC(=O)/C=C/S. The summed E-state index contributed by atoms with van der Waals surface area (Å²) >= 11 is 3.85. The number of ether oxygens (including phenoxy) is 1. The minimum absolute atomic E-state index is 0.115. The van der Waals surface area contributed by atoms with E-state index in [0.717, 1.165) is 19.4 Å². The summed E-state index contributed by atoms with van der Waals surface area (Å²) in [5, 5.41) is 4.22. The molecule has 3 nitrogen and oxygen atoms in total. The van der Waals surface area contributed by atoms with Gasteiger partial charge in [-0.15, -0.1) is 0 Å². The number of hydrogen-bond donors (Lipinski definition) is 2. The molecule has 0 fully saturated rings. The first-order valence-corrected chi connectivity index (χ1v) is 6.90. The molecule has 0 bridgehead atoms. The van der Waals surface area contributed by atoms with Crippen LogP contribution >= 0.6 is 12.6 Å². The number of thiol groups is 1. The Labute approximate surface area is 117 Å². The molecule has 0 saturated carbocycles. The molecule has 1 amide bonds. The van der Waals surface area contributed by atoms with E-state index < -0.39 is 0 Å². The summed E-state index contributed by atoms with van der Waals surface area (Å²) in [6, 6.07) is 0. The molecule has 0 aromatic rings. The van der Waals surface area contributed by atoms with Crippen LogP contribution < -0.4 is 5.32 Å². The zero-order valence-corrected chi connectivity index (χ0v) is 13.1. The van der Waals surface area contributed by atoms with E-state index in [0.29, 0.717) is 12.0 Å². The highest BCUT2D eigenvalue weighted by molar-refractivity contribution is 7.83. The maximum absolute atomic E-state index is 11.2. The van der Waals surface area contributed by atoms with E-state index in [9.17, 15) is 4.79 Å². The predicted molar refractivity (Wildman–Crippen MR) is 79.9 cm³/mol. The summed E-state index contributed by atoms with van der Waals surface area (Å²) in [4.78, 5) is 11.2. The topological polar surface area (TPSA) is 38.3 Å². The van der Waals surface area contributed by atoms with Crippen LogP contribution in [0.5, 0.6) is 0 Å². The van der Waals surface area contributed by atoms with E-state index in [4.69, 9.17) is 4.74 Å². The molecule has 0 rings (SSSR count). The summed E-state index contributed by atoms with van der Waals surface area (Å²) < 4.78 is 5.86. The van der Waals surface area contributed by atoms with Gasteiger partial charge >= 0.3 is 0 Å². The Hall–Kier alpha value is -0.480. The Morgan fingerprint density at radius 1 is 1.22 bits per heavy atom. The molecule has 0 aliphatic rings. The lowest BCUT2D eigenvalue weighted by atomic mass is 9.93. The third-order valence-electron chi connectivity index (χ3n) is 2.60. The van der Waals surface area contributed by atoms with Gasteiger partial charge in [0.25, 0.3) is 0 Å². The lowest BCUT2D eigenvalue weighted by Gasteiger charge is -2.27. The molecule has 0 spiro atoms. The van der Waals surface area contributed by atoms with Crippen molar-refractivity contribution in [3.05, 3.63) is 11.5 Å². The van der Waals surface area contributed by atoms with Crippen LogP contribution in [-0.4, -0.2) is 24.7 Å². The Balaban J connectivity index is 3.83. The molecule has 0 aliphatic carbocycles. The smallest absolute Gasteiger partial charge is 0.244 e. The fourth-order valence-corrected chi connectivity index (χ4v) is 1.45. The molecule has 4 heteroatoms. The van der Waals surface area contributed by atoms with E-state index in [1.165, 1.54) is 11.5 Å². The van der Waals surface area contributed by atoms with Crippen molar-refractivity contribution in [2.45, 2.75) is 53.1 Å². The van der Waals surface area contributed by atoms with E-state index in [1.54, 1.807) is 0 Å². The van der Waals surface area contributed by atoms with E-state index >= 15 is 0 Å². The van der Waals surface area contributed by atoms with Gasteiger partial charge in [0, 0.05) is 19.2 Å². The molecule has 0 aromatic carbocycles. The maximum Gasteiger partial charge on any atom is 0.244 e. The zero-order valence-electron chi connectivity index (χ0n) is 12.2. The highest BCUT2D eigenvalue weighted by Gasteiger charge is 2.19. The summed E-state index contributed by atoms with van der Waals surface area (Å²) in [6.07, 6.45) is 3.23. The average Bonchev–Trinajstić information content (AvgIpc) is 2.14. The number of hydrogen-bond acceptors (Lipinski definition) is 3. The fraction of sp³-hybridized carbons (Fsp3) is 0.786. The third-order valence-corrected chi connectivity index (χ3v) is 2.75. The first kappa shape index (κ1) is 17.5. The van der Waals surface area contributed by atoms with Crippen molar-refractivity contribution in [3.63, 3.8) is 0 Å². The Morgan fingerprint density at radius 2 is 1.83 bits per heavy atom. The van der Waals surface area contributed by atoms with Crippen LogP contribution in [0.2, 0.25) is 0 Å². The monoisotopic (exact) mass is 273 g/mol. The average molecular weight is 273 g/mol. The van der Waals surface area contributed by atoms with Gasteiger partial charge in [-0.25, -0.2) is 0 Å². The molecule has 1 N–H and O–H groups in total. The first-order chi connectivity index (χ1) is 8.16. The van der Waals surface area contributed by atoms with Gasteiger partial charge in [-0.3, -0.25) is 4.79 Å². The van der Waals surface area contributed by atoms with Crippen LogP contribution in [0, 0.1) is 5.41 Å². The first-order valence-electron chi connectivity index (χ1n) is 6.39. The maximum atomic E-state index is 11.2. The van der Waals surface area contributed by atoms with Crippen molar-refractivity contribution in [1.82, 2.24) is 5.32 Å². The van der Waals surface area contributed by atoms with Gasteiger partial charge in [0.1, 0.15) is 0 Å². The Kier molecular flexibility index (Phi) is 7.64. The number of amides is 1. The third kappa shape index (κ3) is 10.7. The van der Waals surface area contributed by atoms with E-state index in [2.05, 4.69) is 52.6 Å². The van der Waals surface area contributed by atoms with Gasteiger partial charge in [-0.05, 0) is 37.5 Å². The molecular formula is C14H27NO2S. The Morgan fingerprint density at radius 3 is 2.33 bits per heavy atom. The molecule has 0 radical (unpaired) electrons. The summed E-state index contributed by atoms with van der Waals surface area (Å²) in [5.74, 6) is -0.115. The molecule has 0 atom stereocenters. The molecule has 18 heavy (non-hydrogen) atoms. The molecular weight excluding hydrogens is 246 g/mol. The van der Waals surface area contributed by atoms with Gasteiger partial charge in [-0.1, -0.05) is 20.8 Å². The lowest BCUT2D eigenvalue weighted by Crippen LogP contribution is -2.33.